The van der Waals surface area contributed by atoms with Gasteiger partial charge in [-0.05, 0) is 86.2 Å². The largest absolute Gasteiger partial charge is 0.372 e. The number of anilines is 3. The van der Waals surface area contributed by atoms with Gasteiger partial charge in [-0.1, -0.05) is 36.4 Å². The minimum atomic E-state index is -0.337. The molecule has 5 heteroatoms. The highest BCUT2D eigenvalue weighted by Crippen LogP contribution is 2.36. The lowest BCUT2D eigenvalue weighted by molar-refractivity contribution is -0.120. The molecule has 2 amide bonds. The molecule has 3 aromatic carbocycles. The molecule has 0 radical (unpaired) electrons. The minimum Gasteiger partial charge on any atom is -0.372 e. The Kier molecular flexibility index (Phi) is 5.70. The van der Waals surface area contributed by atoms with E-state index in [1.54, 1.807) is 0 Å². The number of aryl methyl sites for hydroxylation is 3. The van der Waals surface area contributed by atoms with Crippen molar-refractivity contribution in [3.63, 3.8) is 0 Å². The van der Waals surface area contributed by atoms with Gasteiger partial charge in [-0.3, -0.25) is 9.59 Å². The topological polar surface area (TPSA) is 52.7 Å². The van der Waals surface area contributed by atoms with Gasteiger partial charge in [0.1, 0.15) is 5.70 Å². The Morgan fingerprint density at radius 1 is 0.735 bits per heavy atom. The van der Waals surface area contributed by atoms with Crippen LogP contribution >= 0.6 is 0 Å². The van der Waals surface area contributed by atoms with E-state index in [1.807, 2.05) is 75.4 Å². The first kappa shape index (κ1) is 22.0. The van der Waals surface area contributed by atoms with Crippen molar-refractivity contribution in [3.8, 4) is 0 Å². The van der Waals surface area contributed by atoms with E-state index in [0.717, 1.165) is 41.0 Å². The van der Waals surface area contributed by atoms with Gasteiger partial charge in [-0.25, -0.2) is 4.90 Å². The molecule has 0 bridgehead atoms. The molecule has 2 aliphatic rings. The van der Waals surface area contributed by atoms with Crippen LogP contribution < -0.4 is 15.1 Å². The van der Waals surface area contributed by atoms with E-state index >= 15 is 0 Å². The van der Waals surface area contributed by atoms with Crippen molar-refractivity contribution < 1.29 is 9.59 Å². The Bertz CT molecular complexity index is 1300. The van der Waals surface area contributed by atoms with E-state index in [9.17, 15) is 9.59 Å². The fourth-order valence-corrected chi connectivity index (χ4v) is 4.72. The van der Waals surface area contributed by atoms with E-state index in [4.69, 9.17) is 0 Å². The summed E-state index contributed by atoms with van der Waals surface area (Å²) in [7, 11) is 0. The minimum absolute atomic E-state index is 0.307. The molecule has 1 fully saturated rings. The second-order valence-electron chi connectivity index (χ2n) is 9.15. The van der Waals surface area contributed by atoms with Crippen LogP contribution in [0.3, 0.4) is 0 Å². The molecule has 0 aliphatic carbocycles. The molecule has 0 aromatic heterocycles. The lowest BCUT2D eigenvalue weighted by Gasteiger charge is -2.19. The number of hydrogen-bond donors (Lipinski definition) is 1. The van der Waals surface area contributed by atoms with E-state index < -0.39 is 0 Å². The zero-order valence-electron chi connectivity index (χ0n) is 19.9. The number of carbonyl (C=O) groups is 2. The second-order valence-corrected chi connectivity index (χ2v) is 9.15. The van der Waals surface area contributed by atoms with Crippen LogP contribution in [-0.4, -0.2) is 24.9 Å². The molecule has 0 saturated carbocycles. The average Bonchev–Trinajstić information content (AvgIpc) is 3.45. The molecule has 5 nitrogen and oxygen atoms in total. The van der Waals surface area contributed by atoms with Gasteiger partial charge in [0.05, 0.1) is 11.3 Å². The van der Waals surface area contributed by atoms with Crippen LogP contribution in [-0.2, 0) is 9.59 Å². The lowest BCUT2D eigenvalue weighted by atomic mass is 9.99. The average molecular weight is 452 g/mol. The van der Waals surface area contributed by atoms with Crippen LogP contribution in [0.5, 0.6) is 0 Å². The van der Waals surface area contributed by atoms with E-state index in [1.165, 1.54) is 23.4 Å². The van der Waals surface area contributed by atoms with E-state index in [0.29, 0.717) is 17.0 Å². The number of hydrogen-bond acceptors (Lipinski definition) is 4. The number of para-hydroxylation sites is 1. The summed E-state index contributed by atoms with van der Waals surface area (Å²) in [6.45, 7) is 8.12. The van der Waals surface area contributed by atoms with Crippen molar-refractivity contribution in [1.29, 1.82) is 0 Å². The molecule has 5 rings (SSSR count). The molecule has 0 unspecified atom stereocenters. The van der Waals surface area contributed by atoms with Crippen LogP contribution in [0.4, 0.5) is 17.1 Å². The van der Waals surface area contributed by atoms with Gasteiger partial charge in [0.2, 0.25) is 0 Å². The van der Waals surface area contributed by atoms with E-state index in [-0.39, 0.29) is 11.8 Å². The third kappa shape index (κ3) is 3.87. The molecule has 34 heavy (non-hydrogen) atoms. The van der Waals surface area contributed by atoms with Crippen molar-refractivity contribution in [3.05, 3.63) is 94.7 Å². The highest BCUT2D eigenvalue weighted by molar-refractivity contribution is 6.46. The molecule has 1 saturated heterocycles. The number of imide groups is 1. The number of nitrogens with one attached hydrogen (secondary N) is 1. The smallest absolute Gasteiger partial charge is 0.282 e. The molecule has 3 aromatic rings. The quantitative estimate of drug-likeness (QED) is 0.513. The summed E-state index contributed by atoms with van der Waals surface area (Å²) in [5.74, 6) is -0.644. The SMILES string of the molecule is Cc1ccc(C2=C(Nc3ccc(N4CCCC4)cc3)C(=O)N(c3ccccc3C)C2=O)cc1C. The predicted octanol–water partition coefficient (Wildman–Crippen LogP) is 5.61. The summed E-state index contributed by atoms with van der Waals surface area (Å²) in [6.07, 6.45) is 2.44. The Hall–Kier alpha value is -3.86. The third-order valence-corrected chi connectivity index (χ3v) is 6.84. The van der Waals surface area contributed by atoms with Gasteiger partial charge >= 0.3 is 0 Å². The molecular formula is C29H29N3O2. The van der Waals surface area contributed by atoms with Crippen LogP contribution in [0.1, 0.15) is 35.1 Å². The highest BCUT2D eigenvalue weighted by atomic mass is 16.2. The van der Waals surface area contributed by atoms with Gasteiger partial charge in [0, 0.05) is 24.5 Å². The van der Waals surface area contributed by atoms with Crippen molar-refractivity contribution in [2.75, 3.05) is 28.2 Å². The number of carbonyl (C=O) groups excluding carboxylic acids is 2. The Labute approximate surface area is 200 Å². The standard InChI is InChI=1S/C29H29N3O2/c1-19-10-11-22(18-21(19)3)26-27(29(34)32(28(26)33)25-9-5-4-8-20(25)2)30-23-12-14-24(15-13-23)31-16-6-7-17-31/h4-5,8-15,18,30H,6-7,16-17H2,1-3H3. The second kappa shape index (κ2) is 8.82. The monoisotopic (exact) mass is 451 g/mol. The molecule has 2 heterocycles. The first-order valence-electron chi connectivity index (χ1n) is 11.8. The number of amides is 2. The Morgan fingerprint density at radius 2 is 1.44 bits per heavy atom. The number of benzene rings is 3. The summed E-state index contributed by atoms with van der Waals surface area (Å²) in [4.78, 5) is 31.0. The summed E-state index contributed by atoms with van der Waals surface area (Å²) < 4.78 is 0. The maximum Gasteiger partial charge on any atom is 0.282 e. The molecule has 0 atom stereocenters. The van der Waals surface area contributed by atoms with Gasteiger partial charge in [-0.2, -0.15) is 0 Å². The fraction of sp³-hybridized carbons (Fsp3) is 0.241. The lowest BCUT2D eigenvalue weighted by Crippen LogP contribution is -2.33. The van der Waals surface area contributed by atoms with Crippen molar-refractivity contribution in [2.45, 2.75) is 33.6 Å². The summed E-state index contributed by atoms with van der Waals surface area (Å²) >= 11 is 0. The number of nitrogens with zero attached hydrogens (tertiary/aromatic N) is 2. The summed E-state index contributed by atoms with van der Waals surface area (Å²) in [5.41, 5.74) is 7.13. The van der Waals surface area contributed by atoms with Crippen molar-refractivity contribution in [2.24, 2.45) is 0 Å². The van der Waals surface area contributed by atoms with Crippen molar-refractivity contribution >= 4 is 34.4 Å². The molecule has 2 aliphatic heterocycles. The maximum atomic E-state index is 13.7. The number of rotatable bonds is 5. The zero-order valence-corrected chi connectivity index (χ0v) is 19.9. The highest BCUT2D eigenvalue weighted by Gasteiger charge is 2.40. The van der Waals surface area contributed by atoms with Crippen LogP contribution in [0.25, 0.3) is 5.57 Å². The molecular weight excluding hydrogens is 422 g/mol. The predicted molar refractivity (Wildman–Crippen MR) is 138 cm³/mol. The Balaban J connectivity index is 1.55. The molecule has 1 N–H and O–H groups in total. The van der Waals surface area contributed by atoms with Gasteiger partial charge in [-0.15, -0.1) is 0 Å². The fourth-order valence-electron chi connectivity index (χ4n) is 4.72. The third-order valence-electron chi connectivity index (χ3n) is 6.84. The molecule has 0 spiro atoms. The Morgan fingerprint density at radius 3 is 2.12 bits per heavy atom. The van der Waals surface area contributed by atoms with Crippen molar-refractivity contribution in [1.82, 2.24) is 0 Å². The van der Waals surface area contributed by atoms with Gasteiger partial charge in [0.15, 0.2) is 0 Å². The van der Waals surface area contributed by atoms with Crippen LogP contribution in [0, 0.1) is 20.8 Å². The van der Waals surface area contributed by atoms with Crippen LogP contribution in [0.2, 0.25) is 0 Å². The zero-order chi connectivity index (χ0) is 23.8. The van der Waals surface area contributed by atoms with Gasteiger partial charge in [0.25, 0.3) is 11.8 Å². The summed E-state index contributed by atoms with van der Waals surface area (Å²) in [6, 6.07) is 21.5. The maximum absolute atomic E-state index is 13.7. The summed E-state index contributed by atoms with van der Waals surface area (Å²) in [5, 5.41) is 3.29. The van der Waals surface area contributed by atoms with E-state index in [2.05, 4.69) is 22.3 Å². The normalized spacial score (nSPS) is 16.1. The first-order valence-corrected chi connectivity index (χ1v) is 11.8. The van der Waals surface area contributed by atoms with Crippen LogP contribution in [0.15, 0.2) is 72.4 Å². The van der Waals surface area contributed by atoms with Gasteiger partial charge < -0.3 is 10.2 Å². The molecule has 172 valence electrons. The first-order chi connectivity index (χ1) is 16.4.